The Balaban J connectivity index is 0.845. The van der Waals surface area contributed by atoms with Gasteiger partial charge in [-0.3, -0.25) is 0 Å². The molecule has 13 aromatic rings. The molecule has 0 unspecified atom stereocenters. The molecule has 0 aliphatic rings. The Morgan fingerprint density at radius 1 is 0.222 bits per heavy atom. The minimum Gasteiger partial charge on any atom is -0.311 e. The molecule has 342 valence electrons. The number of hydrogen-bond donors (Lipinski definition) is 0. The Morgan fingerprint density at radius 2 is 0.583 bits per heavy atom. The van der Waals surface area contributed by atoms with Gasteiger partial charge in [0.1, 0.15) is 5.82 Å². The van der Waals surface area contributed by atoms with E-state index in [-0.39, 0.29) is 5.82 Å². The number of rotatable bonds is 11. The third kappa shape index (κ3) is 8.12. The van der Waals surface area contributed by atoms with Gasteiger partial charge in [-0.15, -0.1) is 22.7 Å². The van der Waals surface area contributed by atoms with Gasteiger partial charge in [0.15, 0.2) is 0 Å². The lowest BCUT2D eigenvalue weighted by molar-refractivity contribution is 0.628. The first-order valence-corrected chi connectivity index (χ1v) is 25.7. The molecule has 72 heavy (non-hydrogen) atoms. The second kappa shape index (κ2) is 18.5. The van der Waals surface area contributed by atoms with Crippen molar-refractivity contribution >= 4 is 114 Å². The lowest BCUT2D eigenvalue weighted by Gasteiger charge is -2.29. The fourth-order valence-corrected chi connectivity index (χ4v) is 12.3. The summed E-state index contributed by atoms with van der Waals surface area (Å²) >= 11 is 3.62. The summed E-state index contributed by atoms with van der Waals surface area (Å²) in [4.78, 5) is 6.86. The van der Waals surface area contributed by atoms with Gasteiger partial charge in [0.05, 0.1) is 0 Å². The van der Waals surface area contributed by atoms with E-state index in [0.29, 0.717) is 0 Å². The molecule has 6 heteroatoms. The lowest BCUT2D eigenvalue weighted by atomic mass is 10.0. The monoisotopic (exact) mass is 961 g/mol. The van der Waals surface area contributed by atoms with Gasteiger partial charge in [0, 0.05) is 91.5 Å². The van der Waals surface area contributed by atoms with Crippen molar-refractivity contribution in [1.82, 2.24) is 0 Å². The molecule has 0 saturated heterocycles. The number of thiophene rings is 2. The van der Waals surface area contributed by atoms with Crippen LogP contribution in [0.1, 0.15) is 0 Å². The Kier molecular flexibility index (Phi) is 11.1. The highest BCUT2D eigenvalue weighted by Gasteiger charge is 2.20. The van der Waals surface area contributed by atoms with Gasteiger partial charge >= 0.3 is 0 Å². The summed E-state index contributed by atoms with van der Waals surface area (Å²) in [5, 5.41) is 4.96. The second-order valence-corrected chi connectivity index (χ2v) is 20.1. The van der Waals surface area contributed by atoms with Crippen LogP contribution in [0.3, 0.4) is 0 Å². The second-order valence-electron chi connectivity index (χ2n) is 17.9. The SMILES string of the molecule is Fc1ccc(N(c2cccc(N(c3ccccc3)c3ccc4c(c3)sc3ccccc34)c2)c2ccc3c(c2)sc2ccc(-c4ccc(N(c5ccccc5)c5ccc(-c6ccccc6)cc5)cc4)cc23)cc1. The van der Waals surface area contributed by atoms with Crippen LogP contribution in [0.15, 0.2) is 267 Å². The molecule has 0 bridgehead atoms. The summed E-state index contributed by atoms with van der Waals surface area (Å²) in [6, 6.07) is 93.7. The standard InChI is InChI=1S/C66H44FN3S2/c67-49-28-34-54(35-29-49)70(56-20-12-19-55(42-56)69(51-17-8-3-9-18-51)57-36-38-60-59-21-10-11-22-63(59)71-65(60)43-57)58-37-39-61-62-41-48(27-40-64(62)72-66(61)44-58)47-25-32-53(33-26-47)68(50-15-6-2-7-16-50)52-30-23-46(24-31-52)45-13-4-1-5-14-45/h1-44H. The summed E-state index contributed by atoms with van der Waals surface area (Å²) in [6.07, 6.45) is 0. The first kappa shape index (κ1) is 43.2. The zero-order valence-corrected chi connectivity index (χ0v) is 40.6. The van der Waals surface area contributed by atoms with Gasteiger partial charge in [-0.25, -0.2) is 4.39 Å². The third-order valence-corrected chi connectivity index (χ3v) is 15.8. The van der Waals surface area contributed by atoms with E-state index in [1.807, 2.05) is 23.5 Å². The maximum atomic E-state index is 14.6. The number of halogens is 1. The summed E-state index contributed by atoms with van der Waals surface area (Å²) in [6.45, 7) is 0. The normalized spacial score (nSPS) is 11.4. The van der Waals surface area contributed by atoms with Crippen LogP contribution in [-0.4, -0.2) is 0 Å². The topological polar surface area (TPSA) is 9.72 Å². The van der Waals surface area contributed by atoms with Crippen molar-refractivity contribution in [3.8, 4) is 22.3 Å². The largest absolute Gasteiger partial charge is 0.311 e. The summed E-state index contributed by atoms with van der Waals surface area (Å²) in [7, 11) is 0. The molecule has 0 atom stereocenters. The van der Waals surface area contributed by atoms with Crippen molar-refractivity contribution in [3.05, 3.63) is 273 Å². The van der Waals surface area contributed by atoms with Crippen LogP contribution < -0.4 is 14.7 Å². The highest BCUT2D eigenvalue weighted by Crippen LogP contribution is 2.46. The highest BCUT2D eigenvalue weighted by molar-refractivity contribution is 7.26. The van der Waals surface area contributed by atoms with E-state index < -0.39 is 0 Å². The van der Waals surface area contributed by atoms with Crippen LogP contribution in [0.4, 0.5) is 55.6 Å². The van der Waals surface area contributed by atoms with Gasteiger partial charge in [0.2, 0.25) is 0 Å². The van der Waals surface area contributed by atoms with Gasteiger partial charge in [-0.2, -0.15) is 0 Å². The molecule has 0 aliphatic heterocycles. The van der Waals surface area contributed by atoms with Crippen molar-refractivity contribution in [2.24, 2.45) is 0 Å². The van der Waals surface area contributed by atoms with Crippen molar-refractivity contribution in [2.45, 2.75) is 0 Å². The number of hydrogen-bond acceptors (Lipinski definition) is 5. The Hall–Kier alpha value is -8.81. The van der Waals surface area contributed by atoms with Crippen molar-refractivity contribution in [2.75, 3.05) is 14.7 Å². The average molecular weight is 962 g/mol. The highest BCUT2D eigenvalue weighted by atomic mass is 32.1. The Labute approximate surface area is 425 Å². The van der Waals surface area contributed by atoms with E-state index in [4.69, 9.17) is 0 Å². The number of fused-ring (bicyclic) bond motifs is 6. The van der Waals surface area contributed by atoms with Crippen LogP contribution in [0, 0.1) is 5.82 Å². The minimum absolute atomic E-state index is 0.271. The van der Waals surface area contributed by atoms with Gasteiger partial charge < -0.3 is 14.7 Å². The molecule has 13 rings (SSSR count). The quantitative estimate of drug-likeness (QED) is 0.128. The van der Waals surface area contributed by atoms with E-state index in [0.717, 1.165) is 62.3 Å². The first-order chi connectivity index (χ1) is 35.6. The molecule has 11 aromatic carbocycles. The Bertz CT molecular complexity index is 4040. The molecule has 2 heterocycles. The van der Waals surface area contributed by atoms with Gasteiger partial charge in [-0.1, -0.05) is 133 Å². The molecule has 3 nitrogen and oxygen atoms in total. The maximum absolute atomic E-state index is 14.6. The van der Waals surface area contributed by atoms with Crippen molar-refractivity contribution in [3.63, 3.8) is 0 Å². The number of benzene rings is 11. The zero-order valence-electron chi connectivity index (χ0n) is 38.9. The maximum Gasteiger partial charge on any atom is 0.123 e. The predicted molar refractivity (Wildman–Crippen MR) is 307 cm³/mol. The van der Waals surface area contributed by atoms with E-state index >= 15 is 0 Å². The van der Waals surface area contributed by atoms with Crippen LogP contribution >= 0.6 is 22.7 Å². The van der Waals surface area contributed by atoms with Crippen LogP contribution in [0.5, 0.6) is 0 Å². The first-order valence-electron chi connectivity index (χ1n) is 24.1. The molecule has 0 saturated carbocycles. The van der Waals surface area contributed by atoms with Crippen LogP contribution in [0.25, 0.3) is 62.6 Å². The average Bonchev–Trinajstić information content (AvgIpc) is 4.00. The molecular weight excluding hydrogens is 918 g/mol. The van der Waals surface area contributed by atoms with E-state index in [1.165, 1.54) is 63.6 Å². The predicted octanol–water partition coefficient (Wildman–Crippen LogP) is 20.3. The molecule has 0 N–H and O–H groups in total. The molecule has 0 fully saturated rings. The lowest BCUT2D eigenvalue weighted by Crippen LogP contribution is -2.13. The van der Waals surface area contributed by atoms with Gasteiger partial charge in [-0.05, 0) is 156 Å². The molecule has 2 aromatic heterocycles. The summed E-state index contributed by atoms with van der Waals surface area (Å²) in [5.41, 5.74) is 14.0. The van der Waals surface area contributed by atoms with Crippen LogP contribution in [0.2, 0.25) is 0 Å². The van der Waals surface area contributed by atoms with Gasteiger partial charge in [0.25, 0.3) is 0 Å². The smallest absolute Gasteiger partial charge is 0.123 e. The molecule has 0 radical (unpaired) electrons. The minimum atomic E-state index is -0.271. The van der Waals surface area contributed by atoms with Crippen molar-refractivity contribution < 1.29 is 4.39 Å². The molecular formula is C66H44FN3S2. The summed E-state index contributed by atoms with van der Waals surface area (Å²) < 4.78 is 19.5. The third-order valence-electron chi connectivity index (χ3n) is 13.5. The zero-order chi connectivity index (χ0) is 48.0. The number of nitrogens with zero attached hydrogens (tertiary/aromatic N) is 3. The Morgan fingerprint density at radius 3 is 1.15 bits per heavy atom. The molecule has 0 aliphatic carbocycles. The fraction of sp³-hybridized carbons (Fsp3) is 0. The van der Waals surface area contributed by atoms with E-state index in [1.54, 1.807) is 11.3 Å². The molecule has 0 spiro atoms. The molecule has 0 amide bonds. The van der Waals surface area contributed by atoms with Crippen LogP contribution in [-0.2, 0) is 0 Å². The number of anilines is 9. The number of para-hydroxylation sites is 2. The fourth-order valence-electron chi connectivity index (χ4n) is 10.0. The summed E-state index contributed by atoms with van der Waals surface area (Å²) in [5.74, 6) is -0.271. The van der Waals surface area contributed by atoms with E-state index in [9.17, 15) is 4.39 Å². The van der Waals surface area contributed by atoms with Crippen molar-refractivity contribution in [1.29, 1.82) is 0 Å². The van der Waals surface area contributed by atoms with E-state index in [2.05, 4.69) is 257 Å².